The minimum atomic E-state index is -0.833. The average Bonchev–Trinajstić information content (AvgIpc) is 3.15. The standard InChI is InChI=1S/C24H28N2O2.C2H4O2/c1-3-15-11-18-13-20(14-19(18)12-16(15)4-2)25-10-9-17-5-7-22(27)24-21(17)6-8-23(28)26-24;1-2(3)4/h5-8,11-12,20,25,27H,3-4,9-10,13-14H2,1-2H3,(H,26,28);1H3,(H,3,4). The monoisotopic (exact) mass is 436 g/mol. The third-order valence-electron chi connectivity index (χ3n) is 6.01. The number of aromatic nitrogens is 1. The van der Waals surface area contributed by atoms with Crippen LogP contribution in [0.5, 0.6) is 5.75 Å². The first-order chi connectivity index (χ1) is 15.3. The molecule has 0 spiro atoms. The van der Waals surface area contributed by atoms with E-state index in [-0.39, 0.29) is 11.3 Å². The second-order valence-electron chi connectivity index (χ2n) is 8.28. The molecule has 6 nitrogen and oxygen atoms in total. The molecule has 170 valence electrons. The lowest BCUT2D eigenvalue weighted by molar-refractivity contribution is -0.134. The van der Waals surface area contributed by atoms with Gasteiger partial charge in [-0.05, 0) is 78.6 Å². The highest BCUT2D eigenvalue weighted by atomic mass is 16.4. The molecule has 1 aliphatic rings. The van der Waals surface area contributed by atoms with Gasteiger partial charge in [-0.15, -0.1) is 0 Å². The van der Waals surface area contributed by atoms with Crippen molar-refractivity contribution in [2.45, 2.75) is 58.9 Å². The lowest BCUT2D eigenvalue weighted by Crippen LogP contribution is -2.31. The zero-order valence-corrected chi connectivity index (χ0v) is 19.0. The first-order valence-corrected chi connectivity index (χ1v) is 11.2. The van der Waals surface area contributed by atoms with Gasteiger partial charge >= 0.3 is 0 Å². The fourth-order valence-electron chi connectivity index (χ4n) is 4.50. The first-order valence-electron chi connectivity index (χ1n) is 11.2. The minimum absolute atomic E-state index is 0.120. The zero-order chi connectivity index (χ0) is 23.3. The molecular weight excluding hydrogens is 404 g/mol. The van der Waals surface area contributed by atoms with Crippen LogP contribution in [0.1, 0.15) is 48.6 Å². The molecule has 3 aromatic rings. The number of aryl methyl sites for hydroxylation is 2. The van der Waals surface area contributed by atoms with E-state index in [0.29, 0.717) is 11.6 Å². The summed E-state index contributed by atoms with van der Waals surface area (Å²) in [6, 6.07) is 12.2. The van der Waals surface area contributed by atoms with Crippen molar-refractivity contribution in [3.63, 3.8) is 0 Å². The van der Waals surface area contributed by atoms with Crippen molar-refractivity contribution in [3.05, 3.63) is 74.6 Å². The number of aromatic amines is 1. The highest BCUT2D eigenvalue weighted by molar-refractivity contribution is 5.87. The number of pyridine rings is 1. The van der Waals surface area contributed by atoms with Gasteiger partial charge in [0.25, 0.3) is 5.97 Å². The van der Waals surface area contributed by atoms with Gasteiger partial charge in [0.2, 0.25) is 5.56 Å². The van der Waals surface area contributed by atoms with Crippen LogP contribution in [0.25, 0.3) is 10.9 Å². The summed E-state index contributed by atoms with van der Waals surface area (Å²) in [6.45, 7) is 6.43. The Balaban J connectivity index is 0.000000668. The molecule has 0 unspecified atom stereocenters. The number of rotatable bonds is 6. The van der Waals surface area contributed by atoms with Gasteiger partial charge < -0.3 is 20.5 Å². The number of carbonyl (C=O) groups is 1. The molecule has 4 rings (SSSR count). The molecule has 0 fully saturated rings. The number of H-pyrrole nitrogens is 1. The molecule has 0 saturated carbocycles. The Morgan fingerprint density at radius 3 is 2.19 bits per heavy atom. The van der Waals surface area contributed by atoms with Crippen molar-refractivity contribution in [1.82, 2.24) is 10.3 Å². The van der Waals surface area contributed by atoms with Gasteiger partial charge in [-0.3, -0.25) is 9.59 Å². The van der Waals surface area contributed by atoms with Gasteiger partial charge in [-0.2, -0.15) is 0 Å². The number of phenolic OH excluding ortho intramolecular Hbond substituents is 1. The van der Waals surface area contributed by atoms with Crippen molar-refractivity contribution in [2.24, 2.45) is 0 Å². The van der Waals surface area contributed by atoms with Crippen molar-refractivity contribution in [2.75, 3.05) is 6.54 Å². The third-order valence-corrected chi connectivity index (χ3v) is 6.01. The Morgan fingerprint density at radius 1 is 1.03 bits per heavy atom. The summed E-state index contributed by atoms with van der Waals surface area (Å²) in [6.07, 6.45) is 5.25. The summed E-state index contributed by atoms with van der Waals surface area (Å²) in [5.74, 6) is -0.714. The molecule has 32 heavy (non-hydrogen) atoms. The predicted octanol–water partition coefficient (Wildman–Crippen LogP) is 3.75. The highest BCUT2D eigenvalue weighted by Crippen LogP contribution is 2.28. The summed E-state index contributed by atoms with van der Waals surface area (Å²) in [5.41, 5.74) is 7.45. The molecule has 0 radical (unpaired) electrons. The molecule has 6 heteroatoms. The normalized spacial score (nSPS) is 13.0. The van der Waals surface area contributed by atoms with Gasteiger partial charge in [-0.25, -0.2) is 0 Å². The number of carboxylic acid groups (broad SMARTS) is 1. The summed E-state index contributed by atoms with van der Waals surface area (Å²) in [4.78, 5) is 23.3. The van der Waals surface area contributed by atoms with Crippen molar-refractivity contribution >= 4 is 16.9 Å². The number of fused-ring (bicyclic) bond motifs is 2. The lowest BCUT2D eigenvalue weighted by Gasteiger charge is -2.13. The summed E-state index contributed by atoms with van der Waals surface area (Å²) >= 11 is 0. The zero-order valence-electron chi connectivity index (χ0n) is 19.0. The predicted molar refractivity (Wildman–Crippen MR) is 128 cm³/mol. The number of aliphatic carboxylic acids is 1. The van der Waals surface area contributed by atoms with Crippen LogP contribution in [0.2, 0.25) is 0 Å². The molecule has 2 aromatic carbocycles. The second kappa shape index (κ2) is 10.5. The van der Waals surface area contributed by atoms with Crippen LogP contribution in [0.3, 0.4) is 0 Å². The largest absolute Gasteiger partial charge is 0.506 e. The number of nitrogens with one attached hydrogen (secondary N) is 2. The summed E-state index contributed by atoms with van der Waals surface area (Å²) in [5, 5.41) is 22.1. The Morgan fingerprint density at radius 2 is 1.62 bits per heavy atom. The average molecular weight is 437 g/mol. The van der Waals surface area contributed by atoms with Crippen LogP contribution in [0, 0.1) is 0 Å². The molecule has 1 heterocycles. The van der Waals surface area contributed by atoms with Crippen LogP contribution in [-0.2, 0) is 36.9 Å². The molecular formula is C26H32N2O4. The van der Waals surface area contributed by atoms with Crippen LogP contribution >= 0.6 is 0 Å². The number of hydrogen-bond donors (Lipinski definition) is 4. The Kier molecular flexibility index (Phi) is 7.70. The molecule has 0 aliphatic heterocycles. The number of benzene rings is 2. The van der Waals surface area contributed by atoms with Gasteiger partial charge in [0, 0.05) is 24.4 Å². The van der Waals surface area contributed by atoms with E-state index in [1.807, 2.05) is 6.07 Å². The molecule has 0 amide bonds. The topological polar surface area (TPSA) is 102 Å². The Hall–Kier alpha value is -3.12. The van der Waals surface area contributed by atoms with E-state index >= 15 is 0 Å². The summed E-state index contributed by atoms with van der Waals surface area (Å²) in [7, 11) is 0. The maximum atomic E-state index is 11.6. The number of phenols is 1. The van der Waals surface area contributed by atoms with Crippen molar-refractivity contribution < 1.29 is 15.0 Å². The van der Waals surface area contributed by atoms with Crippen LogP contribution in [0.15, 0.2) is 41.2 Å². The van der Waals surface area contributed by atoms with E-state index in [1.54, 1.807) is 12.1 Å². The van der Waals surface area contributed by atoms with Crippen LogP contribution in [0.4, 0.5) is 0 Å². The Bertz CT molecular complexity index is 1130. The Labute approximate surface area is 188 Å². The fraction of sp³-hybridized carbons (Fsp3) is 0.385. The lowest BCUT2D eigenvalue weighted by atomic mass is 9.97. The van der Waals surface area contributed by atoms with E-state index in [1.165, 1.54) is 28.3 Å². The molecule has 0 bridgehead atoms. The SMILES string of the molecule is CC(=O)O.CCc1cc2c(cc1CC)CC(NCCc1ccc(O)c3[nH]c(=O)ccc13)C2. The second-order valence-corrected chi connectivity index (χ2v) is 8.28. The number of hydrogen-bond acceptors (Lipinski definition) is 4. The maximum Gasteiger partial charge on any atom is 0.300 e. The van der Waals surface area contributed by atoms with E-state index in [4.69, 9.17) is 9.90 Å². The van der Waals surface area contributed by atoms with Gasteiger partial charge in [0.15, 0.2) is 0 Å². The number of aromatic hydroxyl groups is 1. The van der Waals surface area contributed by atoms with Gasteiger partial charge in [0.1, 0.15) is 5.75 Å². The van der Waals surface area contributed by atoms with Crippen LogP contribution < -0.4 is 10.9 Å². The van der Waals surface area contributed by atoms with Crippen LogP contribution in [-0.4, -0.2) is 33.8 Å². The fourth-order valence-corrected chi connectivity index (χ4v) is 4.50. The molecule has 0 atom stereocenters. The third kappa shape index (κ3) is 5.56. The number of carboxylic acids is 1. The van der Waals surface area contributed by atoms with E-state index in [0.717, 1.165) is 56.5 Å². The molecule has 1 aromatic heterocycles. The van der Waals surface area contributed by atoms with Gasteiger partial charge in [0.05, 0.1) is 5.52 Å². The summed E-state index contributed by atoms with van der Waals surface area (Å²) < 4.78 is 0. The highest BCUT2D eigenvalue weighted by Gasteiger charge is 2.22. The van der Waals surface area contributed by atoms with E-state index < -0.39 is 5.97 Å². The molecule has 1 aliphatic carbocycles. The first kappa shape index (κ1) is 23.5. The smallest absolute Gasteiger partial charge is 0.300 e. The van der Waals surface area contributed by atoms with Gasteiger partial charge in [-0.1, -0.05) is 32.0 Å². The quantitative estimate of drug-likeness (QED) is 0.471. The van der Waals surface area contributed by atoms with Crippen molar-refractivity contribution in [3.8, 4) is 5.75 Å². The van der Waals surface area contributed by atoms with Crippen molar-refractivity contribution in [1.29, 1.82) is 0 Å². The maximum absolute atomic E-state index is 11.6. The molecule has 0 saturated heterocycles. The van der Waals surface area contributed by atoms with E-state index in [9.17, 15) is 9.90 Å². The minimum Gasteiger partial charge on any atom is -0.506 e. The molecule has 4 N–H and O–H groups in total. The van der Waals surface area contributed by atoms with E-state index in [2.05, 4.69) is 36.3 Å².